The van der Waals surface area contributed by atoms with E-state index in [1.807, 2.05) is 48.0 Å². The van der Waals surface area contributed by atoms with Gasteiger partial charge in [-0.15, -0.1) is 0 Å². The first-order valence-electron chi connectivity index (χ1n) is 7.47. The second-order valence-corrected chi connectivity index (χ2v) is 7.90. The Morgan fingerprint density at radius 3 is 2.42 bits per heavy atom. The molecule has 0 bridgehead atoms. The second-order valence-electron chi connectivity index (χ2n) is 5.72. The maximum Gasteiger partial charge on any atom is 0.264 e. The lowest BCUT2D eigenvalue weighted by atomic mass is 10.1. The highest BCUT2D eigenvalue weighted by Gasteiger charge is 2.18. The molecule has 1 aromatic heterocycles. The van der Waals surface area contributed by atoms with E-state index in [0.717, 1.165) is 9.87 Å². The molecule has 1 heterocycles. The average Bonchev–Trinajstić information content (AvgIpc) is 2.50. The van der Waals surface area contributed by atoms with E-state index in [1.165, 1.54) is 19.7 Å². The molecule has 0 spiro atoms. The molecule has 128 valence electrons. The third kappa shape index (κ3) is 4.87. The molecule has 1 amide bonds. The fraction of sp³-hybridized carbons (Fsp3) is 0.294. The smallest absolute Gasteiger partial charge is 0.264 e. The van der Waals surface area contributed by atoms with Crippen LogP contribution < -0.4 is 5.49 Å². The Bertz CT molecular complexity index is 882. The van der Waals surface area contributed by atoms with E-state index in [-0.39, 0.29) is 0 Å². The Hall–Kier alpha value is -2.25. The van der Waals surface area contributed by atoms with E-state index in [2.05, 4.69) is 4.99 Å². The third-order valence-electron chi connectivity index (χ3n) is 3.49. The number of nitrogens with zero attached hydrogens (tertiary/aromatic N) is 3. The number of aryl methyl sites for hydroxylation is 1. The van der Waals surface area contributed by atoms with E-state index in [1.54, 1.807) is 12.1 Å². The van der Waals surface area contributed by atoms with Gasteiger partial charge in [0.1, 0.15) is 11.2 Å². The number of pyridine rings is 1. The number of rotatable bonds is 5. The number of aromatic nitrogens is 1. The lowest BCUT2D eigenvalue weighted by molar-refractivity contribution is -0.115. The lowest BCUT2D eigenvalue weighted by Gasteiger charge is -2.10. The van der Waals surface area contributed by atoms with Gasteiger partial charge in [0.15, 0.2) is 0 Å². The normalized spacial score (nSPS) is 12.6. The average molecular weight is 347 g/mol. The van der Waals surface area contributed by atoms with Crippen molar-refractivity contribution in [1.29, 1.82) is 0 Å². The van der Waals surface area contributed by atoms with Gasteiger partial charge in [-0.2, -0.15) is 4.99 Å². The maximum atomic E-state index is 12.0. The molecule has 0 saturated carbocycles. The van der Waals surface area contributed by atoms with E-state index in [9.17, 15) is 13.2 Å². The largest absolute Gasteiger partial charge is 0.328 e. The summed E-state index contributed by atoms with van der Waals surface area (Å²) in [5, 5.41) is 0. The number of hydrogen-bond acceptors (Lipinski definition) is 3. The molecular weight excluding hydrogens is 326 g/mol. The van der Waals surface area contributed by atoms with Crippen LogP contribution in [0.4, 0.5) is 0 Å². The van der Waals surface area contributed by atoms with Gasteiger partial charge in [-0.3, -0.25) is 4.79 Å². The highest BCUT2D eigenvalue weighted by molar-refractivity contribution is 7.89. The minimum Gasteiger partial charge on any atom is -0.328 e. The van der Waals surface area contributed by atoms with Crippen LogP contribution in [-0.4, -0.2) is 43.0 Å². The Kier molecular flexibility index (Phi) is 5.69. The van der Waals surface area contributed by atoms with Crippen LogP contribution in [0.15, 0.2) is 53.7 Å². The minimum absolute atomic E-state index is 0.428. The second kappa shape index (κ2) is 7.55. The van der Waals surface area contributed by atoms with Crippen molar-refractivity contribution in [2.24, 2.45) is 4.99 Å². The third-order valence-corrected chi connectivity index (χ3v) is 5.22. The minimum atomic E-state index is -3.61. The predicted octanol–water partition coefficient (Wildman–Crippen LogP) is 1.16. The summed E-state index contributed by atoms with van der Waals surface area (Å²) < 4.78 is 26.4. The quantitative estimate of drug-likeness (QED) is 0.815. The highest BCUT2D eigenvalue weighted by Crippen LogP contribution is 2.04. The lowest BCUT2D eigenvalue weighted by Crippen LogP contribution is -2.30. The zero-order valence-electron chi connectivity index (χ0n) is 14.0. The molecule has 0 aliphatic heterocycles. The van der Waals surface area contributed by atoms with Gasteiger partial charge in [-0.1, -0.05) is 35.9 Å². The van der Waals surface area contributed by atoms with Crippen LogP contribution in [0.25, 0.3) is 0 Å². The first-order valence-corrected chi connectivity index (χ1v) is 9.07. The van der Waals surface area contributed by atoms with Crippen LogP contribution in [0.2, 0.25) is 0 Å². The van der Waals surface area contributed by atoms with Crippen LogP contribution in [0.1, 0.15) is 11.1 Å². The fourth-order valence-corrected chi connectivity index (χ4v) is 2.67. The van der Waals surface area contributed by atoms with E-state index in [4.69, 9.17) is 0 Å². The first kappa shape index (κ1) is 18.1. The topological polar surface area (TPSA) is 71.7 Å². The van der Waals surface area contributed by atoms with Gasteiger partial charge >= 0.3 is 0 Å². The van der Waals surface area contributed by atoms with Crippen molar-refractivity contribution in [3.05, 3.63) is 65.3 Å². The Morgan fingerprint density at radius 2 is 1.79 bits per heavy atom. The van der Waals surface area contributed by atoms with E-state index in [0.29, 0.717) is 12.0 Å². The molecule has 2 rings (SSSR count). The molecule has 0 aliphatic rings. The summed E-state index contributed by atoms with van der Waals surface area (Å²) in [6, 6.07) is 13.4. The summed E-state index contributed by atoms with van der Waals surface area (Å²) in [4.78, 5) is 16.0. The van der Waals surface area contributed by atoms with Crippen LogP contribution in [-0.2, 0) is 21.4 Å². The molecular formula is C17H21N3O3S. The first-order chi connectivity index (χ1) is 11.3. The molecule has 2 aromatic rings. The van der Waals surface area contributed by atoms with Crippen LogP contribution >= 0.6 is 0 Å². The summed E-state index contributed by atoms with van der Waals surface area (Å²) in [6.07, 6.45) is 1.81. The van der Waals surface area contributed by atoms with Crippen molar-refractivity contribution in [2.75, 3.05) is 19.8 Å². The van der Waals surface area contributed by atoms with E-state index >= 15 is 0 Å². The molecule has 0 unspecified atom stereocenters. The number of benzene rings is 1. The van der Waals surface area contributed by atoms with Crippen LogP contribution in [0, 0.1) is 6.92 Å². The van der Waals surface area contributed by atoms with Gasteiger partial charge in [-0.25, -0.2) is 12.7 Å². The summed E-state index contributed by atoms with van der Waals surface area (Å²) in [5.41, 5.74) is 2.67. The molecule has 0 saturated heterocycles. The van der Waals surface area contributed by atoms with Crippen molar-refractivity contribution in [1.82, 2.24) is 8.87 Å². The maximum absolute atomic E-state index is 12.0. The van der Waals surface area contributed by atoms with Crippen LogP contribution in [0.3, 0.4) is 0 Å². The zero-order chi connectivity index (χ0) is 17.7. The summed E-state index contributed by atoms with van der Waals surface area (Å²) in [6.45, 7) is 2.57. The molecule has 0 atom stereocenters. The summed E-state index contributed by atoms with van der Waals surface area (Å²) in [5.74, 6) is -1.33. The molecule has 0 N–H and O–H groups in total. The van der Waals surface area contributed by atoms with Gasteiger partial charge in [-0.05, 0) is 24.6 Å². The number of hydrogen-bond donors (Lipinski definition) is 0. The van der Waals surface area contributed by atoms with Crippen molar-refractivity contribution in [3.8, 4) is 0 Å². The standard InChI is InChI=1S/C17H21N3O3S/c1-14-7-9-15(10-8-14)12-20-11-5-4-6-16(20)18-17(21)13-24(22,23)19(2)3/h4-11H,12-13H2,1-3H3. The van der Waals surface area contributed by atoms with Crippen LogP contribution in [0.5, 0.6) is 0 Å². The number of carbonyl (C=O) groups excluding carboxylic acids is 1. The SMILES string of the molecule is Cc1ccc(Cn2ccccc2=NC(=O)CS(=O)(=O)N(C)C)cc1. The van der Waals surface area contributed by atoms with Crippen molar-refractivity contribution < 1.29 is 13.2 Å². The van der Waals surface area contributed by atoms with Crippen molar-refractivity contribution in [2.45, 2.75) is 13.5 Å². The predicted molar refractivity (Wildman–Crippen MR) is 92.8 cm³/mol. The molecule has 7 heteroatoms. The Morgan fingerprint density at radius 1 is 1.12 bits per heavy atom. The van der Waals surface area contributed by atoms with Gasteiger partial charge in [0.25, 0.3) is 5.91 Å². The molecule has 0 radical (unpaired) electrons. The van der Waals surface area contributed by atoms with Gasteiger partial charge < -0.3 is 4.57 Å². The highest BCUT2D eigenvalue weighted by atomic mass is 32.2. The number of amides is 1. The van der Waals surface area contributed by atoms with Crippen molar-refractivity contribution in [3.63, 3.8) is 0 Å². The van der Waals surface area contributed by atoms with Crippen molar-refractivity contribution >= 4 is 15.9 Å². The number of carbonyl (C=O) groups is 1. The summed E-state index contributed by atoms with van der Waals surface area (Å²) >= 11 is 0. The molecule has 0 aliphatic carbocycles. The molecule has 1 aromatic carbocycles. The molecule has 0 fully saturated rings. The van der Waals surface area contributed by atoms with Gasteiger partial charge in [0.05, 0.1) is 0 Å². The summed E-state index contributed by atoms with van der Waals surface area (Å²) in [7, 11) is -0.830. The van der Waals surface area contributed by atoms with Gasteiger partial charge in [0, 0.05) is 26.8 Å². The zero-order valence-corrected chi connectivity index (χ0v) is 14.8. The Balaban J connectivity index is 2.28. The van der Waals surface area contributed by atoms with E-state index < -0.39 is 21.7 Å². The van der Waals surface area contributed by atoms with Gasteiger partial charge in [0.2, 0.25) is 10.0 Å². The molecule has 6 nitrogen and oxygen atoms in total. The monoisotopic (exact) mass is 347 g/mol. The fourth-order valence-electron chi connectivity index (χ4n) is 2.04. The molecule has 24 heavy (non-hydrogen) atoms. The number of sulfonamides is 1. The Labute approximate surface area is 142 Å².